The summed E-state index contributed by atoms with van der Waals surface area (Å²) >= 11 is 6.15. The molecule has 174 valence electrons. The molecule has 1 heterocycles. The Kier molecular flexibility index (Phi) is 7.74. The number of aromatic nitrogens is 2. The van der Waals surface area contributed by atoms with Gasteiger partial charge in [0, 0.05) is 42.8 Å². The lowest BCUT2D eigenvalue weighted by atomic mass is 9.86. The van der Waals surface area contributed by atoms with Crippen molar-refractivity contribution in [2.24, 2.45) is 5.92 Å². The lowest BCUT2D eigenvalue weighted by Crippen LogP contribution is -2.32. The molecule has 1 aromatic heterocycles. The molecule has 1 aromatic carbocycles. The fraction of sp³-hybridized carbons (Fsp3) is 0.600. The topological polar surface area (TPSA) is 62.3 Å². The zero-order valence-electron chi connectivity index (χ0n) is 19.6. The van der Waals surface area contributed by atoms with Crippen molar-refractivity contribution in [1.82, 2.24) is 15.3 Å². The predicted molar refractivity (Wildman–Crippen MR) is 132 cm³/mol. The van der Waals surface area contributed by atoms with Gasteiger partial charge in [0.15, 0.2) is 0 Å². The number of ether oxygens (including phenoxy) is 1. The first-order valence-corrected chi connectivity index (χ1v) is 12.3. The number of nitrogens with zero attached hydrogens (tertiary/aromatic N) is 3. The van der Waals surface area contributed by atoms with Crippen LogP contribution >= 0.6 is 11.6 Å². The predicted octanol–water partition coefficient (Wildman–Crippen LogP) is 4.84. The first-order valence-electron chi connectivity index (χ1n) is 11.9. The van der Waals surface area contributed by atoms with Crippen LogP contribution in [0.1, 0.15) is 55.3 Å². The van der Waals surface area contributed by atoms with Crippen molar-refractivity contribution in [2.45, 2.75) is 64.0 Å². The van der Waals surface area contributed by atoms with E-state index in [-0.39, 0.29) is 0 Å². The van der Waals surface area contributed by atoms with Crippen LogP contribution in [0, 0.1) is 5.92 Å². The molecule has 1 fully saturated rings. The highest BCUT2D eigenvalue weighted by Gasteiger charge is 2.24. The summed E-state index contributed by atoms with van der Waals surface area (Å²) in [5.74, 6) is 3.48. The molecule has 32 heavy (non-hydrogen) atoms. The molecule has 0 atom stereocenters. The van der Waals surface area contributed by atoms with Crippen LogP contribution in [0.25, 0.3) is 0 Å². The Labute approximate surface area is 197 Å². The van der Waals surface area contributed by atoms with Gasteiger partial charge in [0.05, 0.1) is 12.8 Å². The Balaban J connectivity index is 1.27. The van der Waals surface area contributed by atoms with E-state index < -0.39 is 0 Å². The van der Waals surface area contributed by atoms with Gasteiger partial charge in [-0.2, -0.15) is 4.98 Å². The molecular weight excluding hydrogens is 422 g/mol. The maximum atomic E-state index is 6.15. The van der Waals surface area contributed by atoms with Crippen LogP contribution in [0.4, 0.5) is 11.8 Å². The summed E-state index contributed by atoms with van der Waals surface area (Å²) in [5.41, 5.74) is 3.70. The van der Waals surface area contributed by atoms with E-state index in [1.165, 1.54) is 36.9 Å². The van der Waals surface area contributed by atoms with E-state index in [4.69, 9.17) is 26.3 Å². The average molecular weight is 458 g/mol. The Morgan fingerprint density at radius 1 is 1.09 bits per heavy atom. The summed E-state index contributed by atoms with van der Waals surface area (Å²) in [6.07, 6.45) is 9.38. The van der Waals surface area contributed by atoms with Gasteiger partial charge < -0.3 is 20.3 Å². The van der Waals surface area contributed by atoms with Crippen molar-refractivity contribution in [3.8, 4) is 5.75 Å². The molecule has 0 amide bonds. The third kappa shape index (κ3) is 5.65. The maximum Gasteiger partial charge on any atom is 0.225 e. The number of benzene rings is 1. The average Bonchev–Trinajstić information content (AvgIpc) is 2.80. The van der Waals surface area contributed by atoms with E-state index in [0.29, 0.717) is 12.0 Å². The van der Waals surface area contributed by atoms with Crippen LogP contribution in [0.2, 0.25) is 5.02 Å². The van der Waals surface area contributed by atoms with E-state index in [0.717, 1.165) is 66.9 Å². The van der Waals surface area contributed by atoms with Gasteiger partial charge in [0.1, 0.15) is 11.6 Å². The lowest BCUT2D eigenvalue weighted by molar-refractivity contribution is 0.322. The van der Waals surface area contributed by atoms with Crippen molar-refractivity contribution in [3.05, 3.63) is 40.0 Å². The fourth-order valence-corrected chi connectivity index (χ4v) is 5.19. The number of fused-ring (bicyclic) bond motifs is 1. The monoisotopic (exact) mass is 457 g/mol. The molecule has 0 radical (unpaired) electrons. The molecule has 4 rings (SSSR count). The standard InChI is InChI=1S/C25H36ClN5O/c1-31(2)24-21-6-4-5-7-22(21)29-25(30-24)28-20-11-8-17(9-12-20)15-27-16-18-14-19(26)10-13-23(18)32-3/h10,13-14,17,20,27H,4-9,11-12,15-16H2,1-3H3,(H,28,29,30). The van der Waals surface area contributed by atoms with E-state index in [1.807, 2.05) is 18.2 Å². The molecule has 2 aliphatic rings. The Morgan fingerprint density at radius 2 is 1.88 bits per heavy atom. The largest absolute Gasteiger partial charge is 0.496 e. The van der Waals surface area contributed by atoms with Gasteiger partial charge in [0.25, 0.3) is 0 Å². The first-order chi connectivity index (χ1) is 15.5. The second-order valence-electron chi connectivity index (χ2n) is 9.35. The molecule has 0 bridgehead atoms. The molecule has 0 spiro atoms. The zero-order valence-corrected chi connectivity index (χ0v) is 20.3. The second kappa shape index (κ2) is 10.7. The number of halogens is 1. The highest BCUT2D eigenvalue weighted by molar-refractivity contribution is 6.30. The quantitative estimate of drug-likeness (QED) is 0.591. The van der Waals surface area contributed by atoms with Gasteiger partial charge in [-0.05, 0) is 82.0 Å². The molecule has 0 aliphatic heterocycles. The highest BCUT2D eigenvalue weighted by atomic mass is 35.5. The minimum absolute atomic E-state index is 0.455. The summed E-state index contributed by atoms with van der Waals surface area (Å²) in [5, 5.41) is 8.00. The Morgan fingerprint density at radius 3 is 2.62 bits per heavy atom. The number of methoxy groups -OCH3 is 1. The molecule has 6 nitrogen and oxygen atoms in total. The Hall–Kier alpha value is -2.05. The number of rotatable bonds is 8. The van der Waals surface area contributed by atoms with Crippen LogP contribution in [0.3, 0.4) is 0 Å². The van der Waals surface area contributed by atoms with Crippen molar-refractivity contribution in [2.75, 3.05) is 38.0 Å². The molecule has 2 aliphatic carbocycles. The number of nitrogens with one attached hydrogen (secondary N) is 2. The third-order valence-electron chi connectivity index (χ3n) is 6.76. The number of hydrogen-bond donors (Lipinski definition) is 2. The van der Waals surface area contributed by atoms with Gasteiger partial charge in [-0.15, -0.1) is 0 Å². The molecule has 0 unspecified atom stereocenters. The molecule has 1 saturated carbocycles. The summed E-state index contributed by atoms with van der Waals surface area (Å²) in [6.45, 7) is 1.79. The van der Waals surface area contributed by atoms with Gasteiger partial charge in [-0.1, -0.05) is 11.6 Å². The minimum Gasteiger partial charge on any atom is -0.496 e. The summed E-state index contributed by atoms with van der Waals surface area (Å²) in [7, 11) is 5.87. The fourth-order valence-electron chi connectivity index (χ4n) is 5.00. The second-order valence-corrected chi connectivity index (χ2v) is 9.78. The van der Waals surface area contributed by atoms with Crippen LogP contribution in [0.5, 0.6) is 5.75 Å². The molecule has 2 N–H and O–H groups in total. The molecule has 0 saturated heterocycles. The van der Waals surface area contributed by atoms with E-state index >= 15 is 0 Å². The molecular formula is C25H36ClN5O. The smallest absolute Gasteiger partial charge is 0.225 e. The van der Waals surface area contributed by atoms with E-state index in [9.17, 15) is 0 Å². The van der Waals surface area contributed by atoms with Gasteiger partial charge in [-0.3, -0.25) is 0 Å². The van der Waals surface area contributed by atoms with Crippen LogP contribution in [0.15, 0.2) is 18.2 Å². The normalized spacial score (nSPS) is 20.5. The van der Waals surface area contributed by atoms with Crippen LogP contribution in [-0.2, 0) is 19.4 Å². The first kappa shape index (κ1) is 23.1. The maximum absolute atomic E-state index is 6.15. The summed E-state index contributed by atoms with van der Waals surface area (Å²) < 4.78 is 5.45. The molecule has 7 heteroatoms. The lowest BCUT2D eigenvalue weighted by Gasteiger charge is -2.30. The van der Waals surface area contributed by atoms with Crippen LogP contribution in [-0.4, -0.2) is 43.8 Å². The van der Waals surface area contributed by atoms with Crippen molar-refractivity contribution in [3.63, 3.8) is 0 Å². The van der Waals surface area contributed by atoms with Crippen molar-refractivity contribution in [1.29, 1.82) is 0 Å². The van der Waals surface area contributed by atoms with E-state index in [1.54, 1.807) is 7.11 Å². The molecule has 2 aromatic rings. The summed E-state index contributed by atoms with van der Waals surface area (Å²) in [4.78, 5) is 11.9. The van der Waals surface area contributed by atoms with Gasteiger partial charge in [0.2, 0.25) is 5.95 Å². The minimum atomic E-state index is 0.455. The Bertz CT molecular complexity index is 911. The van der Waals surface area contributed by atoms with E-state index in [2.05, 4.69) is 29.6 Å². The number of anilines is 2. The van der Waals surface area contributed by atoms with Crippen LogP contribution < -0.4 is 20.3 Å². The van der Waals surface area contributed by atoms with Gasteiger partial charge >= 0.3 is 0 Å². The zero-order chi connectivity index (χ0) is 22.5. The SMILES string of the molecule is COc1ccc(Cl)cc1CNCC1CCC(Nc2nc3c(c(N(C)C)n2)CCCC3)CC1. The number of aryl methyl sites for hydroxylation is 1. The highest BCUT2D eigenvalue weighted by Crippen LogP contribution is 2.30. The van der Waals surface area contributed by atoms with Crippen molar-refractivity contribution >= 4 is 23.4 Å². The summed E-state index contributed by atoms with van der Waals surface area (Å²) in [6, 6.07) is 6.23. The third-order valence-corrected chi connectivity index (χ3v) is 6.99. The number of hydrogen-bond acceptors (Lipinski definition) is 6. The van der Waals surface area contributed by atoms with Crippen molar-refractivity contribution < 1.29 is 4.74 Å². The van der Waals surface area contributed by atoms with Gasteiger partial charge in [-0.25, -0.2) is 4.98 Å².